The molecule has 0 aliphatic carbocycles. The molecule has 5 nitrogen and oxygen atoms in total. The summed E-state index contributed by atoms with van der Waals surface area (Å²) < 4.78 is 10.8. The zero-order valence-corrected chi connectivity index (χ0v) is 11.8. The van der Waals surface area contributed by atoms with Gasteiger partial charge >= 0.3 is 0 Å². The first kappa shape index (κ1) is 14.8. The highest BCUT2D eigenvalue weighted by atomic mass is 16.5. The van der Waals surface area contributed by atoms with E-state index in [2.05, 4.69) is 5.32 Å². The van der Waals surface area contributed by atoms with Crippen molar-refractivity contribution in [3.05, 3.63) is 29.8 Å². The monoisotopic (exact) mass is 278 g/mol. The molecular weight excluding hydrogens is 256 g/mol. The molecule has 5 heteroatoms. The minimum Gasteiger partial charge on any atom is -0.483 e. The predicted molar refractivity (Wildman–Crippen MR) is 76.5 cm³/mol. The van der Waals surface area contributed by atoms with Crippen LogP contribution in [0.1, 0.15) is 31.4 Å². The van der Waals surface area contributed by atoms with Crippen molar-refractivity contribution in [2.24, 2.45) is 5.73 Å². The Morgan fingerprint density at radius 2 is 2.15 bits per heavy atom. The Hall–Kier alpha value is -1.59. The molecule has 1 aliphatic rings. The Bertz CT molecular complexity index is 442. The molecule has 110 valence electrons. The number of carbonyl (C=O) groups excluding carboxylic acids is 1. The van der Waals surface area contributed by atoms with E-state index in [1.807, 2.05) is 31.2 Å². The van der Waals surface area contributed by atoms with Gasteiger partial charge in [0, 0.05) is 30.9 Å². The number of ether oxygens (including phenoxy) is 2. The summed E-state index contributed by atoms with van der Waals surface area (Å²) in [6.07, 6.45) is 1.73. The highest BCUT2D eigenvalue weighted by molar-refractivity contribution is 5.77. The first-order chi connectivity index (χ1) is 9.66. The number of nitrogens with two attached hydrogens (primary N) is 1. The van der Waals surface area contributed by atoms with Crippen molar-refractivity contribution >= 4 is 5.91 Å². The number of hydrogen-bond acceptors (Lipinski definition) is 4. The van der Waals surface area contributed by atoms with Crippen molar-refractivity contribution in [2.75, 3.05) is 19.8 Å². The first-order valence-corrected chi connectivity index (χ1v) is 7.01. The lowest BCUT2D eigenvalue weighted by molar-refractivity contribution is -0.124. The van der Waals surface area contributed by atoms with Gasteiger partial charge in [-0.25, -0.2) is 0 Å². The summed E-state index contributed by atoms with van der Waals surface area (Å²) in [5.41, 5.74) is 6.78. The van der Waals surface area contributed by atoms with Gasteiger partial charge in [-0.05, 0) is 25.8 Å². The fraction of sp³-hybridized carbons (Fsp3) is 0.533. The lowest BCUT2D eigenvalue weighted by atomic mass is 10.1. The normalized spacial score (nSPS) is 17.5. The molecule has 3 N–H and O–H groups in total. The molecule has 0 aromatic heterocycles. The van der Waals surface area contributed by atoms with Crippen LogP contribution in [-0.2, 0) is 9.53 Å². The minimum absolute atomic E-state index is 0.0150. The van der Waals surface area contributed by atoms with Crippen molar-refractivity contribution in [1.82, 2.24) is 5.32 Å². The van der Waals surface area contributed by atoms with E-state index in [9.17, 15) is 4.79 Å². The van der Waals surface area contributed by atoms with Crippen molar-refractivity contribution in [3.8, 4) is 5.75 Å². The molecule has 1 aromatic carbocycles. The molecule has 1 atom stereocenters. The van der Waals surface area contributed by atoms with Crippen LogP contribution < -0.4 is 15.8 Å². The van der Waals surface area contributed by atoms with E-state index in [4.69, 9.17) is 15.2 Å². The number of nitrogens with one attached hydrogen (secondary N) is 1. The van der Waals surface area contributed by atoms with E-state index in [0.29, 0.717) is 19.0 Å². The summed E-state index contributed by atoms with van der Waals surface area (Å²) >= 11 is 0. The van der Waals surface area contributed by atoms with Crippen molar-refractivity contribution < 1.29 is 14.3 Å². The molecule has 1 heterocycles. The quantitative estimate of drug-likeness (QED) is 0.853. The number of carbonyl (C=O) groups is 1. The smallest absolute Gasteiger partial charge is 0.258 e. The lowest BCUT2D eigenvalue weighted by Gasteiger charge is -2.23. The zero-order valence-electron chi connectivity index (χ0n) is 11.8. The Kier molecular flexibility index (Phi) is 5.38. The summed E-state index contributed by atoms with van der Waals surface area (Å²) in [6.45, 7) is 3.32. The summed E-state index contributed by atoms with van der Waals surface area (Å²) in [5, 5.41) is 2.96. The highest BCUT2D eigenvalue weighted by Crippen LogP contribution is 2.22. The predicted octanol–water partition coefficient (Wildman–Crippen LogP) is 1.38. The molecule has 0 saturated carbocycles. The van der Waals surface area contributed by atoms with Crippen LogP contribution >= 0.6 is 0 Å². The maximum Gasteiger partial charge on any atom is 0.258 e. The van der Waals surface area contributed by atoms with Crippen LogP contribution in [0.5, 0.6) is 5.75 Å². The lowest BCUT2D eigenvalue weighted by Crippen LogP contribution is -2.41. The van der Waals surface area contributed by atoms with E-state index in [0.717, 1.165) is 18.4 Å². The van der Waals surface area contributed by atoms with Crippen LogP contribution in [0.2, 0.25) is 0 Å². The van der Waals surface area contributed by atoms with E-state index in [1.54, 1.807) is 0 Å². The molecule has 1 amide bonds. The van der Waals surface area contributed by atoms with Gasteiger partial charge in [-0.1, -0.05) is 18.2 Å². The Morgan fingerprint density at radius 3 is 2.85 bits per heavy atom. The molecule has 1 aromatic rings. The second kappa shape index (κ2) is 7.26. The summed E-state index contributed by atoms with van der Waals surface area (Å²) in [7, 11) is 0. The van der Waals surface area contributed by atoms with Crippen LogP contribution in [-0.4, -0.2) is 31.8 Å². The topological polar surface area (TPSA) is 73.6 Å². The first-order valence-electron chi connectivity index (χ1n) is 7.01. The van der Waals surface area contributed by atoms with Gasteiger partial charge in [0.05, 0.1) is 0 Å². The second-order valence-electron chi connectivity index (χ2n) is 5.07. The maximum atomic E-state index is 11.9. The van der Waals surface area contributed by atoms with Crippen LogP contribution in [0, 0.1) is 0 Å². The van der Waals surface area contributed by atoms with Crippen molar-refractivity contribution in [1.29, 1.82) is 0 Å². The standard InChI is InChI=1S/C15H22N2O3/c1-11(16)13-4-2-3-5-14(13)20-10-15(18)17-12-6-8-19-9-7-12/h2-5,11-12H,6-10,16H2,1H3,(H,17,18). The zero-order chi connectivity index (χ0) is 14.4. The van der Waals surface area contributed by atoms with Gasteiger partial charge in [-0.3, -0.25) is 4.79 Å². The van der Waals surface area contributed by atoms with E-state index >= 15 is 0 Å². The molecule has 20 heavy (non-hydrogen) atoms. The van der Waals surface area contributed by atoms with Gasteiger partial charge in [0.15, 0.2) is 6.61 Å². The van der Waals surface area contributed by atoms with Crippen LogP contribution in [0.3, 0.4) is 0 Å². The van der Waals surface area contributed by atoms with Crippen molar-refractivity contribution in [2.45, 2.75) is 31.8 Å². The molecule has 0 bridgehead atoms. The Morgan fingerprint density at radius 1 is 1.45 bits per heavy atom. The minimum atomic E-state index is -0.121. The third kappa shape index (κ3) is 4.21. The third-order valence-electron chi connectivity index (χ3n) is 3.35. The Labute approximate surface area is 119 Å². The number of amides is 1. The van der Waals surface area contributed by atoms with Gasteiger partial charge < -0.3 is 20.5 Å². The SMILES string of the molecule is CC(N)c1ccccc1OCC(=O)NC1CCOCC1. The fourth-order valence-corrected chi connectivity index (χ4v) is 2.24. The van der Waals surface area contributed by atoms with Gasteiger partial charge in [0.25, 0.3) is 5.91 Å². The van der Waals surface area contributed by atoms with Gasteiger partial charge in [0.2, 0.25) is 0 Å². The molecule has 1 aliphatic heterocycles. The second-order valence-corrected chi connectivity index (χ2v) is 5.07. The number of rotatable bonds is 5. The largest absolute Gasteiger partial charge is 0.483 e. The molecule has 1 saturated heterocycles. The van der Waals surface area contributed by atoms with E-state index in [-0.39, 0.29) is 24.6 Å². The van der Waals surface area contributed by atoms with Crippen molar-refractivity contribution in [3.63, 3.8) is 0 Å². The molecular formula is C15H22N2O3. The average molecular weight is 278 g/mol. The average Bonchev–Trinajstić information content (AvgIpc) is 2.46. The number of hydrogen-bond donors (Lipinski definition) is 2. The van der Waals surface area contributed by atoms with Crippen LogP contribution in [0.25, 0.3) is 0 Å². The maximum absolute atomic E-state index is 11.9. The summed E-state index contributed by atoms with van der Waals surface area (Å²) in [6, 6.07) is 7.61. The van der Waals surface area contributed by atoms with E-state index in [1.165, 1.54) is 0 Å². The molecule has 0 spiro atoms. The molecule has 1 unspecified atom stereocenters. The fourth-order valence-electron chi connectivity index (χ4n) is 2.24. The third-order valence-corrected chi connectivity index (χ3v) is 3.35. The molecule has 0 radical (unpaired) electrons. The number of benzene rings is 1. The molecule has 2 rings (SSSR count). The van der Waals surface area contributed by atoms with Gasteiger partial charge in [-0.15, -0.1) is 0 Å². The summed E-state index contributed by atoms with van der Waals surface area (Å²) in [5.74, 6) is 0.570. The highest BCUT2D eigenvalue weighted by Gasteiger charge is 2.16. The Balaban J connectivity index is 1.83. The number of para-hydroxylation sites is 1. The summed E-state index contributed by atoms with van der Waals surface area (Å²) in [4.78, 5) is 11.9. The van der Waals surface area contributed by atoms with Crippen LogP contribution in [0.4, 0.5) is 0 Å². The van der Waals surface area contributed by atoms with E-state index < -0.39 is 0 Å². The molecule has 1 fully saturated rings. The van der Waals surface area contributed by atoms with Gasteiger partial charge in [0.1, 0.15) is 5.75 Å². The van der Waals surface area contributed by atoms with Crippen LogP contribution in [0.15, 0.2) is 24.3 Å². The van der Waals surface area contributed by atoms with Gasteiger partial charge in [-0.2, -0.15) is 0 Å².